The van der Waals surface area contributed by atoms with Gasteiger partial charge in [0.15, 0.2) is 6.29 Å². The van der Waals surface area contributed by atoms with E-state index in [9.17, 15) is 4.79 Å². The second kappa shape index (κ2) is 5.99. The van der Waals surface area contributed by atoms with Crippen LogP contribution in [-0.4, -0.2) is 37.4 Å². The predicted molar refractivity (Wildman–Crippen MR) is 72.4 cm³/mol. The third kappa shape index (κ3) is 2.69. The minimum Gasteiger partial charge on any atom is -0.353 e. The number of ether oxygens (including phenoxy) is 2. The molecule has 4 heteroatoms. The van der Waals surface area contributed by atoms with Crippen LogP contribution in [0.25, 0.3) is 0 Å². The Balaban J connectivity index is 2.23. The number of benzene rings is 1. The van der Waals surface area contributed by atoms with Crippen LogP contribution in [0.4, 0.5) is 0 Å². The zero-order chi connectivity index (χ0) is 13.8. The molecule has 0 fully saturated rings. The molecule has 4 nitrogen and oxygen atoms in total. The van der Waals surface area contributed by atoms with Gasteiger partial charge in [0.05, 0.1) is 6.04 Å². The molecule has 0 aliphatic carbocycles. The summed E-state index contributed by atoms with van der Waals surface area (Å²) in [6.45, 7) is 2.01. The van der Waals surface area contributed by atoms with E-state index in [4.69, 9.17) is 9.47 Å². The molecule has 1 aliphatic rings. The van der Waals surface area contributed by atoms with Crippen LogP contribution in [0.2, 0.25) is 0 Å². The van der Waals surface area contributed by atoms with Crippen molar-refractivity contribution in [2.24, 2.45) is 0 Å². The summed E-state index contributed by atoms with van der Waals surface area (Å²) in [4.78, 5) is 13.8. The molecule has 2 atom stereocenters. The van der Waals surface area contributed by atoms with Crippen molar-refractivity contribution in [2.75, 3.05) is 14.2 Å². The Morgan fingerprint density at radius 1 is 1.16 bits per heavy atom. The van der Waals surface area contributed by atoms with Gasteiger partial charge < -0.3 is 14.4 Å². The Labute approximate surface area is 113 Å². The first-order chi connectivity index (χ1) is 9.19. The van der Waals surface area contributed by atoms with E-state index in [1.54, 1.807) is 25.2 Å². The molecule has 1 heterocycles. The third-order valence-corrected chi connectivity index (χ3v) is 3.45. The van der Waals surface area contributed by atoms with Gasteiger partial charge in [-0.15, -0.1) is 0 Å². The number of nitrogens with zero attached hydrogens (tertiary/aromatic N) is 1. The Bertz CT molecular complexity index is 454. The number of carbonyl (C=O) groups excluding carboxylic acids is 1. The molecule has 0 aromatic heterocycles. The van der Waals surface area contributed by atoms with Crippen molar-refractivity contribution in [3.05, 3.63) is 48.0 Å². The van der Waals surface area contributed by atoms with Gasteiger partial charge >= 0.3 is 0 Å². The lowest BCUT2D eigenvalue weighted by atomic mass is 10.1. The third-order valence-electron chi connectivity index (χ3n) is 3.45. The smallest absolute Gasteiger partial charge is 0.247 e. The summed E-state index contributed by atoms with van der Waals surface area (Å²) in [5.41, 5.74) is 1.09. The van der Waals surface area contributed by atoms with Crippen LogP contribution in [0, 0.1) is 0 Å². The van der Waals surface area contributed by atoms with Gasteiger partial charge in [-0.25, -0.2) is 0 Å². The first-order valence-electron chi connectivity index (χ1n) is 6.30. The van der Waals surface area contributed by atoms with Crippen LogP contribution >= 0.6 is 0 Å². The van der Waals surface area contributed by atoms with E-state index < -0.39 is 6.29 Å². The van der Waals surface area contributed by atoms with Gasteiger partial charge in [-0.1, -0.05) is 36.4 Å². The zero-order valence-electron chi connectivity index (χ0n) is 11.4. The number of amides is 1. The number of hydrogen-bond donors (Lipinski definition) is 0. The molecule has 0 saturated carbocycles. The largest absolute Gasteiger partial charge is 0.353 e. The van der Waals surface area contributed by atoms with Crippen molar-refractivity contribution in [1.29, 1.82) is 0 Å². The molecule has 2 rings (SSSR count). The molecule has 0 unspecified atom stereocenters. The Morgan fingerprint density at radius 2 is 1.79 bits per heavy atom. The highest BCUT2D eigenvalue weighted by Gasteiger charge is 2.36. The quantitative estimate of drug-likeness (QED) is 0.762. The lowest BCUT2D eigenvalue weighted by Gasteiger charge is -2.34. The fraction of sp³-hybridized carbons (Fsp3) is 0.400. The first kappa shape index (κ1) is 13.8. The SMILES string of the molecule is COC(OC)[C@@H]1C=CC(=O)N1[C@H](C)c1ccccc1. The highest BCUT2D eigenvalue weighted by molar-refractivity contribution is 5.91. The summed E-state index contributed by atoms with van der Waals surface area (Å²) in [5.74, 6) is -0.0135. The first-order valence-corrected chi connectivity index (χ1v) is 6.30. The lowest BCUT2D eigenvalue weighted by Crippen LogP contribution is -2.44. The summed E-state index contributed by atoms with van der Waals surface area (Å²) in [5, 5.41) is 0. The standard InChI is InChI=1S/C15H19NO3/c1-11(12-7-5-4-6-8-12)16-13(9-10-14(16)17)15(18-2)19-3/h4-11,13,15H,1-3H3/t11-,13+/m1/s1. The number of carbonyl (C=O) groups is 1. The molecule has 1 aromatic rings. The second-order valence-corrected chi connectivity index (χ2v) is 4.52. The van der Waals surface area contributed by atoms with Crippen molar-refractivity contribution < 1.29 is 14.3 Å². The normalized spacial score (nSPS) is 20.3. The van der Waals surface area contributed by atoms with E-state index >= 15 is 0 Å². The van der Waals surface area contributed by atoms with E-state index in [-0.39, 0.29) is 18.0 Å². The van der Waals surface area contributed by atoms with Gasteiger partial charge in [0, 0.05) is 20.3 Å². The molecule has 0 saturated heterocycles. The van der Waals surface area contributed by atoms with Crippen molar-refractivity contribution in [1.82, 2.24) is 4.90 Å². The Morgan fingerprint density at radius 3 is 2.37 bits per heavy atom. The lowest BCUT2D eigenvalue weighted by molar-refractivity contribution is -0.153. The van der Waals surface area contributed by atoms with Gasteiger partial charge in [-0.3, -0.25) is 4.79 Å². The molecule has 102 valence electrons. The van der Waals surface area contributed by atoms with Crippen LogP contribution in [0.15, 0.2) is 42.5 Å². The molecule has 0 bridgehead atoms. The van der Waals surface area contributed by atoms with Gasteiger partial charge in [0.1, 0.15) is 6.04 Å². The number of rotatable bonds is 5. The van der Waals surface area contributed by atoms with Crippen molar-refractivity contribution in [3.63, 3.8) is 0 Å². The minimum absolute atomic E-state index is 0.0135. The van der Waals surface area contributed by atoms with Gasteiger partial charge in [0.25, 0.3) is 0 Å². The van der Waals surface area contributed by atoms with Crippen molar-refractivity contribution >= 4 is 5.91 Å². The average Bonchev–Trinajstić information content (AvgIpc) is 2.82. The van der Waals surface area contributed by atoms with E-state index in [2.05, 4.69) is 0 Å². The zero-order valence-corrected chi connectivity index (χ0v) is 11.4. The Kier molecular flexibility index (Phi) is 4.35. The minimum atomic E-state index is -0.450. The summed E-state index contributed by atoms with van der Waals surface area (Å²) in [6, 6.07) is 9.71. The molecule has 1 aromatic carbocycles. The van der Waals surface area contributed by atoms with Crippen LogP contribution in [0.5, 0.6) is 0 Å². The highest BCUT2D eigenvalue weighted by Crippen LogP contribution is 2.28. The number of methoxy groups -OCH3 is 2. The van der Waals surface area contributed by atoms with E-state index in [0.29, 0.717) is 0 Å². The summed E-state index contributed by atoms with van der Waals surface area (Å²) in [7, 11) is 3.16. The van der Waals surface area contributed by atoms with Crippen LogP contribution in [-0.2, 0) is 14.3 Å². The molecule has 0 radical (unpaired) electrons. The van der Waals surface area contributed by atoms with Crippen LogP contribution in [0.3, 0.4) is 0 Å². The van der Waals surface area contributed by atoms with Gasteiger partial charge in [-0.2, -0.15) is 0 Å². The fourth-order valence-electron chi connectivity index (χ4n) is 2.44. The molecule has 19 heavy (non-hydrogen) atoms. The molecular formula is C15H19NO3. The second-order valence-electron chi connectivity index (χ2n) is 4.52. The maximum absolute atomic E-state index is 12.1. The molecule has 0 spiro atoms. The molecular weight excluding hydrogens is 242 g/mol. The fourth-order valence-corrected chi connectivity index (χ4v) is 2.44. The molecule has 1 amide bonds. The van der Waals surface area contributed by atoms with Crippen molar-refractivity contribution in [3.8, 4) is 0 Å². The molecule has 1 aliphatic heterocycles. The van der Waals surface area contributed by atoms with Crippen LogP contribution < -0.4 is 0 Å². The maximum Gasteiger partial charge on any atom is 0.247 e. The predicted octanol–water partition coefficient (Wildman–Crippen LogP) is 2.13. The summed E-state index contributed by atoms with van der Waals surface area (Å²) in [6.07, 6.45) is 2.96. The highest BCUT2D eigenvalue weighted by atomic mass is 16.7. The summed E-state index contributed by atoms with van der Waals surface area (Å²) < 4.78 is 10.6. The van der Waals surface area contributed by atoms with E-state index in [1.165, 1.54) is 0 Å². The van der Waals surface area contributed by atoms with Gasteiger partial charge in [-0.05, 0) is 12.5 Å². The van der Waals surface area contributed by atoms with E-state index in [0.717, 1.165) is 5.56 Å². The summed E-state index contributed by atoms with van der Waals surface area (Å²) >= 11 is 0. The van der Waals surface area contributed by atoms with E-state index in [1.807, 2.05) is 43.3 Å². The maximum atomic E-state index is 12.1. The number of hydrogen-bond acceptors (Lipinski definition) is 3. The topological polar surface area (TPSA) is 38.8 Å². The van der Waals surface area contributed by atoms with Crippen molar-refractivity contribution in [2.45, 2.75) is 25.3 Å². The molecule has 0 N–H and O–H groups in total. The van der Waals surface area contributed by atoms with Gasteiger partial charge in [0.2, 0.25) is 5.91 Å². The average molecular weight is 261 g/mol. The monoisotopic (exact) mass is 261 g/mol. The van der Waals surface area contributed by atoms with Crippen LogP contribution in [0.1, 0.15) is 18.5 Å². The Hall–Kier alpha value is -1.65.